The molecular formula is C42H44N2O2. The third kappa shape index (κ3) is 5.66. The van der Waals surface area contributed by atoms with Crippen LogP contribution in [0.25, 0.3) is 32.6 Å². The molecule has 5 aromatic carbocycles. The predicted molar refractivity (Wildman–Crippen MR) is 193 cm³/mol. The number of nitrogens with zero attached hydrogens (tertiary/aromatic N) is 2. The summed E-state index contributed by atoms with van der Waals surface area (Å²) < 4.78 is 2.48. The fourth-order valence-corrected chi connectivity index (χ4v) is 7.50. The topological polar surface area (TPSA) is 51.4 Å². The second-order valence-corrected chi connectivity index (χ2v) is 13.2. The van der Waals surface area contributed by atoms with Crippen LogP contribution < -0.4 is 0 Å². The van der Waals surface area contributed by atoms with E-state index < -0.39 is 6.04 Å². The van der Waals surface area contributed by atoms with Crippen LogP contribution in [0.5, 0.6) is 0 Å². The molecular weight excluding hydrogens is 564 g/mol. The summed E-state index contributed by atoms with van der Waals surface area (Å²) >= 11 is 0. The summed E-state index contributed by atoms with van der Waals surface area (Å²) in [6.07, 6.45) is 4.75. The molecule has 0 amide bonds. The lowest BCUT2D eigenvalue weighted by molar-refractivity contribution is 0.103. The molecule has 0 spiro atoms. The Labute approximate surface area is 272 Å². The summed E-state index contributed by atoms with van der Waals surface area (Å²) in [5.74, 6) is 0.632. The van der Waals surface area contributed by atoms with Crippen molar-refractivity contribution < 1.29 is 4.79 Å². The Morgan fingerprint density at radius 2 is 1.52 bits per heavy atom. The van der Waals surface area contributed by atoms with Crippen molar-refractivity contribution >= 4 is 38.4 Å². The molecule has 0 fully saturated rings. The number of benzene rings is 5. The average molecular weight is 609 g/mol. The first-order valence-electron chi connectivity index (χ1n) is 16.7. The molecule has 2 atom stereocenters. The number of hydrogen-bond donors (Lipinski definition) is 0. The average Bonchev–Trinajstić information content (AvgIpc) is 3.36. The standard InChI is InChI=1S/C42H44N2O2/c1-7-9-13-30(8-2)25-44-37-19-17-32(41(43-46)34-14-11-10-12-27(34)4)24-36(37)40-35-18-15-33(23-31(35)16-20-38(40)44)42(45)39-28(5)21-26(3)22-29(39)6/h10-12,14-24,30,41H,7-9,13,25H2,1-6H3. The third-order valence-corrected chi connectivity index (χ3v) is 9.92. The second-order valence-electron chi connectivity index (χ2n) is 13.2. The summed E-state index contributed by atoms with van der Waals surface area (Å²) in [6, 6.07) is 28.5. The van der Waals surface area contributed by atoms with Crippen molar-refractivity contribution in [2.45, 2.75) is 79.8 Å². The van der Waals surface area contributed by atoms with Gasteiger partial charge in [-0.2, -0.15) is 0 Å². The van der Waals surface area contributed by atoms with Crippen LogP contribution in [0.3, 0.4) is 0 Å². The fourth-order valence-electron chi connectivity index (χ4n) is 7.50. The van der Waals surface area contributed by atoms with Crippen LogP contribution >= 0.6 is 0 Å². The van der Waals surface area contributed by atoms with Crippen molar-refractivity contribution in [3.8, 4) is 0 Å². The minimum absolute atomic E-state index is 0.0570. The van der Waals surface area contributed by atoms with Gasteiger partial charge in [0.2, 0.25) is 0 Å². The Kier molecular flexibility index (Phi) is 8.90. The monoisotopic (exact) mass is 608 g/mol. The fraction of sp³-hybridized carbons (Fsp3) is 0.310. The molecule has 0 saturated heterocycles. The Morgan fingerprint density at radius 1 is 0.783 bits per heavy atom. The number of aromatic nitrogens is 1. The Morgan fingerprint density at radius 3 is 2.22 bits per heavy atom. The molecule has 4 nitrogen and oxygen atoms in total. The molecule has 0 saturated carbocycles. The highest BCUT2D eigenvalue weighted by Gasteiger charge is 2.22. The van der Waals surface area contributed by atoms with Gasteiger partial charge in [-0.05, 0) is 103 Å². The van der Waals surface area contributed by atoms with Crippen LogP contribution in [0.15, 0.2) is 90.1 Å². The van der Waals surface area contributed by atoms with Gasteiger partial charge < -0.3 is 4.57 Å². The number of ketones is 1. The molecule has 2 unspecified atom stereocenters. The summed E-state index contributed by atoms with van der Waals surface area (Å²) in [5, 5.41) is 8.05. The van der Waals surface area contributed by atoms with Gasteiger partial charge in [-0.1, -0.05) is 105 Å². The van der Waals surface area contributed by atoms with Crippen molar-refractivity contribution in [3.05, 3.63) is 134 Å². The van der Waals surface area contributed by atoms with Crippen molar-refractivity contribution in [2.75, 3.05) is 0 Å². The number of fused-ring (bicyclic) bond motifs is 5. The van der Waals surface area contributed by atoms with Gasteiger partial charge in [-0.25, -0.2) is 0 Å². The Hall–Kier alpha value is -4.57. The van der Waals surface area contributed by atoms with Gasteiger partial charge in [0.1, 0.15) is 6.04 Å². The van der Waals surface area contributed by atoms with Crippen molar-refractivity contribution in [1.29, 1.82) is 0 Å². The molecule has 4 heteroatoms. The maximum Gasteiger partial charge on any atom is 0.193 e. The molecule has 1 aromatic heterocycles. The first-order valence-corrected chi connectivity index (χ1v) is 16.7. The Bertz CT molecular complexity index is 2080. The summed E-state index contributed by atoms with van der Waals surface area (Å²) in [7, 11) is 0. The summed E-state index contributed by atoms with van der Waals surface area (Å²) in [5.41, 5.74) is 9.89. The predicted octanol–water partition coefficient (Wildman–Crippen LogP) is 11.5. The largest absolute Gasteiger partial charge is 0.340 e. The molecule has 0 N–H and O–H groups in total. The molecule has 234 valence electrons. The molecule has 46 heavy (non-hydrogen) atoms. The maximum absolute atomic E-state index is 13.8. The minimum atomic E-state index is -0.586. The van der Waals surface area contributed by atoms with Crippen LogP contribution in [0, 0.1) is 38.5 Å². The maximum atomic E-state index is 13.8. The number of aryl methyl sites for hydroxylation is 4. The van der Waals surface area contributed by atoms with E-state index in [0.717, 1.165) is 73.5 Å². The van der Waals surface area contributed by atoms with Crippen molar-refractivity contribution in [1.82, 2.24) is 4.57 Å². The van der Waals surface area contributed by atoms with E-state index in [9.17, 15) is 9.70 Å². The lowest BCUT2D eigenvalue weighted by Crippen LogP contribution is -2.10. The highest BCUT2D eigenvalue weighted by atomic mass is 16.3. The van der Waals surface area contributed by atoms with Gasteiger partial charge in [0.15, 0.2) is 5.78 Å². The van der Waals surface area contributed by atoms with Gasteiger partial charge in [-0.15, -0.1) is 4.91 Å². The van der Waals surface area contributed by atoms with Gasteiger partial charge >= 0.3 is 0 Å². The highest BCUT2D eigenvalue weighted by Crippen LogP contribution is 2.39. The lowest BCUT2D eigenvalue weighted by atomic mass is 9.91. The van der Waals surface area contributed by atoms with E-state index in [1.54, 1.807) is 0 Å². The van der Waals surface area contributed by atoms with E-state index in [-0.39, 0.29) is 5.78 Å². The van der Waals surface area contributed by atoms with Crippen LogP contribution in [-0.4, -0.2) is 10.4 Å². The van der Waals surface area contributed by atoms with Crippen LogP contribution in [-0.2, 0) is 6.54 Å². The zero-order valence-electron chi connectivity index (χ0n) is 28.0. The number of unbranched alkanes of at least 4 members (excludes halogenated alkanes) is 1. The molecule has 0 bridgehead atoms. The van der Waals surface area contributed by atoms with Crippen molar-refractivity contribution in [3.63, 3.8) is 0 Å². The van der Waals surface area contributed by atoms with E-state index in [0.29, 0.717) is 11.5 Å². The first-order chi connectivity index (χ1) is 22.2. The lowest BCUT2D eigenvalue weighted by Gasteiger charge is -2.18. The zero-order chi connectivity index (χ0) is 32.5. The molecule has 0 aliphatic heterocycles. The highest BCUT2D eigenvalue weighted by molar-refractivity contribution is 6.22. The molecule has 6 aromatic rings. The minimum Gasteiger partial charge on any atom is -0.340 e. The van der Waals surface area contributed by atoms with Gasteiger partial charge in [-0.3, -0.25) is 4.79 Å². The molecule has 1 heterocycles. The smallest absolute Gasteiger partial charge is 0.193 e. The summed E-state index contributed by atoms with van der Waals surface area (Å²) in [4.78, 5) is 26.2. The molecule has 0 aliphatic carbocycles. The van der Waals surface area contributed by atoms with E-state index >= 15 is 0 Å². The Balaban J connectivity index is 1.56. The van der Waals surface area contributed by atoms with E-state index in [2.05, 4.69) is 79.0 Å². The quantitative estimate of drug-likeness (QED) is 0.108. The van der Waals surface area contributed by atoms with Crippen molar-refractivity contribution in [2.24, 2.45) is 11.1 Å². The van der Waals surface area contributed by atoms with E-state index in [4.69, 9.17) is 0 Å². The second kappa shape index (κ2) is 13.0. The number of carbonyl (C=O) groups excluding carboxylic acids is 1. The number of rotatable bonds is 11. The van der Waals surface area contributed by atoms with Gasteiger partial charge in [0.25, 0.3) is 0 Å². The van der Waals surface area contributed by atoms with Gasteiger partial charge in [0.05, 0.1) is 0 Å². The normalized spacial score (nSPS) is 13.0. The third-order valence-electron chi connectivity index (χ3n) is 9.92. The van der Waals surface area contributed by atoms with Crippen LogP contribution in [0.1, 0.15) is 94.9 Å². The SMILES string of the molecule is CCCCC(CC)Cn1c2ccc(C(N=O)c3ccccc3C)cc2c2c3ccc(C(=O)c4c(C)cc(C)cc4C)cc3ccc21. The number of hydrogen-bond acceptors (Lipinski definition) is 3. The zero-order valence-corrected chi connectivity index (χ0v) is 28.0. The molecule has 6 rings (SSSR count). The van der Waals surface area contributed by atoms with E-state index in [1.807, 2.05) is 57.2 Å². The van der Waals surface area contributed by atoms with Crippen LogP contribution in [0.2, 0.25) is 0 Å². The molecule has 0 aliphatic rings. The molecule has 0 radical (unpaired) electrons. The summed E-state index contributed by atoms with van der Waals surface area (Å²) in [6.45, 7) is 13.6. The van der Waals surface area contributed by atoms with Gasteiger partial charge in [0, 0.05) is 39.5 Å². The van der Waals surface area contributed by atoms with Crippen LogP contribution in [0.4, 0.5) is 0 Å². The first kappa shape index (κ1) is 31.4. The number of nitroso groups, excluding NO2 is 1. The number of carbonyl (C=O) groups is 1. The van der Waals surface area contributed by atoms with E-state index in [1.165, 1.54) is 30.3 Å².